The van der Waals surface area contributed by atoms with Crippen LogP contribution in [0.5, 0.6) is 0 Å². The fourth-order valence-corrected chi connectivity index (χ4v) is 3.92. The zero-order valence-corrected chi connectivity index (χ0v) is 16.0. The van der Waals surface area contributed by atoms with E-state index in [2.05, 4.69) is 17.1 Å². The van der Waals surface area contributed by atoms with Gasteiger partial charge in [0.15, 0.2) is 0 Å². The van der Waals surface area contributed by atoms with Gasteiger partial charge in [0.25, 0.3) is 0 Å². The van der Waals surface area contributed by atoms with Crippen molar-refractivity contribution in [3.05, 3.63) is 0 Å². The molecule has 136 valence electrons. The first kappa shape index (κ1) is 20.7. The first-order valence-electron chi connectivity index (χ1n) is 9.22. The summed E-state index contributed by atoms with van der Waals surface area (Å²) in [6.07, 6.45) is 8.71. The highest BCUT2D eigenvalue weighted by atomic mass is 35.5. The van der Waals surface area contributed by atoms with E-state index in [0.29, 0.717) is 18.5 Å². The Labute approximate surface area is 148 Å². The van der Waals surface area contributed by atoms with E-state index >= 15 is 0 Å². The Morgan fingerprint density at radius 2 is 1.74 bits per heavy atom. The Bertz CT molecular complexity index is 337. The van der Waals surface area contributed by atoms with Crippen molar-refractivity contribution in [3.63, 3.8) is 0 Å². The molecule has 2 fully saturated rings. The number of likely N-dealkylation sites (N-methyl/N-ethyl adjacent to an activating group) is 1. The summed E-state index contributed by atoms with van der Waals surface area (Å²) < 4.78 is 0. The first-order valence-corrected chi connectivity index (χ1v) is 9.22. The van der Waals surface area contributed by atoms with Crippen molar-refractivity contribution in [2.24, 2.45) is 11.8 Å². The molecule has 1 saturated heterocycles. The predicted octanol–water partition coefficient (Wildman–Crippen LogP) is 2.77. The van der Waals surface area contributed by atoms with Gasteiger partial charge in [-0.15, -0.1) is 12.4 Å². The van der Waals surface area contributed by atoms with Crippen LogP contribution < -0.4 is 5.32 Å². The molecule has 0 unspecified atom stereocenters. The van der Waals surface area contributed by atoms with Gasteiger partial charge in [-0.25, -0.2) is 0 Å². The van der Waals surface area contributed by atoms with Crippen molar-refractivity contribution in [1.29, 1.82) is 0 Å². The number of carbonyl (C=O) groups is 1. The third-order valence-corrected chi connectivity index (χ3v) is 5.80. The molecule has 4 nitrogen and oxygen atoms in total. The second-order valence-corrected chi connectivity index (χ2v) is 7.53. The van der Waals surface area contributed by atoms with Crippen LogP contribution in [-0.2, 0) is 4.79 Å². The second kappa shape index (κ2) is 10.5. The van der Waals surface area contributed by atoms with Crippen LogP contribution in [0.3, 0.4) is 0 Å². The molecule has 1 saturated carbocycles. The second-order valence-electron chi connectivity index (χ2n) is 7.53. The highest BCUT2D eigenvalue weighted by Crippen LogP contribution is 2.27. The molecule has 2 rings (SSSR count). The largest absolute Gasteiger partial charge is 0.342 e. The fourth-order valence-electron chi connectivity index (χ4n) is 3.92. The molecular formula is C18H36ClN3O. The van der Waals surface area contributed by atoms with Crippen LogP contribution in [0.2, 0.25) is 0 Å². The number of halogens is 1. The minimum Gasteiger partial charge on any atom is -0.342 e. The van der Waals surface area contributed by atoms with Gasteiger partial charge < -0.3 is 10.2 Å². The maximum absolute atomic E-state index is 12.5. The quantitative estimate of drug-likeness (QED) is 0.804. The summed E-state index contributed by atoms with van der Waals surface area (Å²) in [5.41, 5.74) is 0. The van der Waals surface area contributed by atoms with E-state index in [0.717, 1.165) is 31.5 Å². The zero-order chi connectivity index (χ0) is 15.9. The van der Waals surface area contributed by atoms with Crippen LogP contribution in [0.25, 0.3) is 0 Å². The summed E-state index contributed by atoms with van der Waals surface area (Å²) in [7, 11) is 4.04. The molecule has 23 heavy (non-hydrogen) atoms. The molecular weight excluding hydrogens is 310 g/mol. The summed E-state index contributed by atoms with van der Waals surface area (Å²) in [5.74, 6) is 2.01. The standard InChI is InChI=1S/C18H35N3O.ClH/c1-15-4-6-17(7-5-15)20(3)18(22)14-21-12-9-16(10-13-21)8-11-19-2;/h15-17,19H,4-14H2,1-3H3;1H. The van der Waals surface area contributed by atoms with Crippen molar-refractivity contribution in [2.45, 2.75) is 57.9 Å². The number of hydrogen-bond acceptors (Lipinski definition) is 3. The highest BCUT2D eigenvalue weighted by Gasteiger charge is 2.27. The van der Waals surface area contributed by atoms with Crippen molar-refractivity contribution < 1.29 is 4.79 Å². The summed E-state index contributed by atoms with van der Waals surface area (Å²) in [5, 5.41) is 3.24. The lowest BCUT2D eigenvalue weighted by atomic mass is 9.87. The smallest absolute Gasteiger partial charge is 0.236 e. The number of amides is 1. The number of nitrogens with zero attached hydrogens (tertiary/aromatic N) is 2. The maximum atomic E-state index is 12.5. The third kappa shape index (κ3) is 6.60. The van der Waals surface area contributed by atoms with Crippen LogP contribution >= 0.6 is 12.4 Å². The van der Waals surface area contributed by atoms with Gasteiger partial charge in [-0.05, 0) is 83.5 Å². The Morgan fingerprint density at radius 3 is 2.30 bits per heavy atom. The molecule has 0 aromatic carbocycles. The lowest BCUT2D eigenvalue weighted by Crippen LogP contribution is -2.46. The number of nitrogens with one attached hydrogen (secondary N) is 1. The monoisotopic (exact) mass is 345 g/mol. The average Bonchev–Trinajstić information content (AvgIpc) is 2.54. The molecule has 0 spiro atoms. The third-order valence-electron chi connectivity index (χ3n) is 5.80. The molecule has 2 aliphatic rings. The van der Waals surface area contributed by atoms with E-state index in [1.54, 1.807) is 0 Å². The normalized spacial score (nSPS) is 26.6. The highest BCUT2D eigenvalue weighted by molar-refractivity contribution is 5.85. The molecule has 0 aromatic rings. The van der Waals surface area contributed by atoms with E-state index in [1.165, 1.54) is 44.9 Å². The molecule has 0 aromatic heterocycles. The minimum absolute atomic E-state index is 0. The van der Waals surface area contributed by atoms with Crippen molar-refractivity contribution in [3.8, 4) is 0 Å². The van der Waals surface area contributed by atoms with E-state index in [-0.39, 0.29) is 12.4 Å². The summed E-state index contributed by atoms with van der Waals surface area (Å²) in [6.45, 7) is 6.26. The van der Waals surface area contributed by atoms with Crippen LogP contribution in [0, 0.1) is 11.8 Å². The zero-order valence-electron chi connectivity index (χ0n) is 15.2. The van der Waals surface area contributed by atoms with Gasteiger partial charge in [0, 0.05) is 13.1 Å². The summed E-state index contributed by atoms with van der Waals surface area (Å²) in [6, 6.07) is 0.483. The molecule has 0 bridgehead atoms. The number of likely N-dealkylation sites (tertiary alicyclic amines) is 1. The fraction of sp³-hybridized carbons (Fsp3) is 0.944. The van der Waals surface area contributed by atoms with Crippen molar-refractivity contribution in [1.82, 2.24) is 15.1 Å². The van der Waals surface area contributed by atoms with Gasteiger partial charge in [0.1, 0.15) is 0 Å². The first-order chi connectivity index (χ1) is 10.6. The molecule has 0 atom stereocenters. The van der Waals surface area contributed by atoms with Crippen LogP contribution in [0.15, 0.2) is 0 Å². The summed E-state index contributed by atoms with van der Waals surface area (Å²) >= 11 is 0. The Kier molecular flexibility index (Phi) is 9.48. The Hall–Kier alpha value is -0.320. The molecule has 1 amide bonds. The predicted molar refractivity (Wildman–Crippen MR) is 99.1 cm³/mol. The van der Waals surface area contributed by atoms with Gasteiger partial charge in [-0.2, -0.15) is 0 Å². The van der Waals surface area contributed by atoms with Crippen molar-refractivity contribution >= 4 is 18.3 Å². The van der Waals surface area contributed by atoms with Gasteiger partial charge in [0.05, 0.1) is 6.54 Å². The number of carbonyl (C=O) groups excluding carboxylic acids is 1. The molecule has 1 aliphatic carbocycles. The lowest BCUT2D eigenvalue weighted by Gasteiger charge is -2.36. The number of rotatable bonds is 6. The Balaban J connectivity index is 0.00000264. The minimum atomic E-state index is 0. The van der Waals surface area contributed by atoms with Crippen molar-refractivity contribution in [2.75, 3.05) is 40.3 Å². The average molecular weight is 346 g/mol. The number of hydrogen-bond donors (Lipinski definition) is 1. The topological polar surface area (TPSA) is 35.6 Å². The van der Waals surface area contributed by atoms with Gasteiger partial charge in [-0.3, -0.25) is 9.69 Å². The molecule has 1 N–H and O–H groups in total. The molecule has 1 aliphatic heterocycles. The van der Waals surface area contributed by atoms with Crippen LogP contribution in [0.4, 0.5) is 0 Å². The lowest BCUT2D eigenvalue weighted by molar-refractivity contribution is -0.134. The van der Waals surface area contributed by atoms with Gasteiger partial charge in [-0.1, -0.05) is 6.92 Å². The SMILES string of the molecule is CNCCC1CCN(CC(=O)N(C)C2CCC(C)CC2)CC1.Cl. The van der Waals surface area contributed by atoms with E-state index in [9.17, 15) is 4.79 Å². The Morgan fingerprint density at radius 1 is 1.13 bits per heavy atom. The van der Waals surface area contributed by atoms with Gasteiger partial charge >= 0.3 is 0 Å². The van der Waals surface area contributed by atoms with Crippen LogP contribution in [-0.4, -0.2) is 62.0 Å². The van der Waals surface area contributed by atoms with Crippen LogP contribution in [0.1, 0.15) is 51.9 Å². The molecule has 5 heteroatoms. The summed E-state index contributed by atoms with van der Waals surface area (Å²) in [4.78, 5) is 16.9. The molecule has 1 heterocycles. The molecule has 0 radical (unpaired) electrons. The maximum Gasteiger partial charge on any atom is 0.236 e. The number of piperidine rings is 1. The van der Waals surface area contributed by atoms with E-state index in [4.69, 9.17) is 0 Å². The van der Waals surface area contributed by atoms with Gasteiger partial charge in [0.2, 0.25) is 5.91 Å². The van der Waals surface area contributed by atoms with E-state index in [1.807, 2.05) is 19.0 Å². The van der Waals surface area contributed by atoms with E-state index < -0.39 is 0 Å².